The Morgan fingerprint density at radius 3 is 2.44 bits per heavy atom. The van der Waals surface area contributed by atoms with Crippen molar-refractivity contribution in [3.8, 4) is 28.6 Å². The van der Waals surface area contributed by atoms with Crippen LogP contribution in [0.1, 0.15) is 17.6 Å². The van der Waals surface area contributed by atoms with Crippen LogP contribution in [0.5, 0.6) is 11.5 Å². The molecule has 3 amide bonds. The molecule has 1 fully saturated rings. The fourth-order valence-electron chi connectivity index (χ4n) is 4.31. The smallest absolute Gasteiger partial charge is 0.482 e. The Hall–Kier alpha value is -5.20. The van der Waals surface area contributed by atoms with Crippen LogP contribution in [-0.4, -0.2) is 56.8 Å². The number of halogens is 8. The molecule has 0 saturated carbocycles. The van der Waals surface area contributed by atoms with Crippen molar-refractivity contribution >= 4 is 40.2 Å². The minimum Gasteiger partial charge on any atom is -0.482 e. The van der Waals surface area contributed by atoms with Crippen molar-refractivity contribution in [3.63, 3.8) is 0 Å². The molecule has 0 spiro atoms. The van der Waals surface area contributed by atoms with Crippen LogP contribution in [0.3, 0.4) is 0 Å². The summed E-state index contributed by atoms with van der Waals surface area (Å²) >= 11 is 0.808. The highest BCUT2D eigenvalue weighted by atomic mass is 32.2. The highest BCUT2D eigenvalue weighted by Gasteiger charge is 2.35. The predicted molar refractivity (Wildman–Crippen MR) is 158 cm³/mol. The zero-order chi connectivity index (χ0) is 34.8. The lowest BCUT2D eigenvalue weighted by molar-refractivity contribution is -0.274. The van der Waals surface area contributed by atoms with Gasteiger partial charge in [0.1, 0.15) is 17.8 Å². The maximum Gasteiger partial charge on any atom is 0.573 e. The molecule has 2 heterocycles. The number of carbonyl (C=O) groups excluding carboxylic acids is 2. The van der Waals surface area contributed by atoms with Gasteiger partial charge in [0.25, 0.3) is 6.43 Å². The van der Waals surface area contributed by atoms with Gasteiger partial charge < -0.3 is 14.8 Å². The molecule has 48 heavy (non-hydrogen) atoms. The van der Waals surface area contributed by atoms with E-state index in [2.05, 4.69) is 25.1 Å². The van der Waals surface area contributed by atoms with E-state index in [1.165, 1.54) is 47.4 Å². The van der Waals surface area contributed by atoms with E-state index in [1.807, 2.05) is 0 Å². The van der Waals surface area contributed by atoms with Gasteiger partial charge in [-0.15, -0.1) is 18.3 Å². The molecule has 3 aromatic carbocycles. The Morgan fingerprint density at radius 2 is 1.77 bits per heavy atom. The first kappa shape index (κ1) is 34.1. The number of nitrogens with zero attached hydrogens (tertiary/aromatic N) is 5. The highest BCUT2D eigenvalue weighted by Crippen LogP contribution is 2.37. The molecule has 1 aliphatic heterocycles. The van der Waals surface area contributed by atoms with Crippen molar-refractivity contribution in [3.05, 3.63) is 78.1 Å². The van der Waals surface area contributed by atoms with Crippen molar-refractivity contribution < 1.29 is 54.2 Å². The van der Waals surface area contributed by atoms with Gasteiger partial charge in [-0.25, -0.2) is 23.2 Å². The second kappa shape index (κ2) is 13.5. The van der Waals surface area contributed by atoms with E-state index in [1.54, 1.807) is 6.92 Å². The Kier molecular flexibility index (Phi) is 9.60. The molecule has 19 heteroatoms. The number of hydrogen-bond acceptors (Lipinski definition) is 7. The van der Waals surface area contributed by atoms with E-state index in [0.717, 1.165) is 40.9 Å². The van der Waals surface area contributed by atoms with Gasteiger partial charge in [0.05, 0.1) is 22.8 Å². The Morgan fingerprint density at radius 1 is 1.04 bits per heavy atom. The molecular formula is C29H20F8N6O4S. The summed E-state index contributed by atoms with van der Waals surface area (Å²) in [6.07, 6.45) is -11.4. The quantitative estimate of drug-likeness (QED) is 0.188. The number of rotatable bonds is 8. The maximum atomic E-state index is 14.1. The third kappa shape index (κ3) is 8.38. The molecule has 4 aromatic rings. The topological polar surface area (TPSA) is 111 Å². The first-order chi connectivity index (χ1) is 22.6. The summed E-state index contributed by atoms with van der Waals surface area (Å²) in [5.74, 6) is -1.59. The summed E-state index contributed by atoms with van der Waals surface area (Å²) in [4.78, 5) is 34.4. The number of anilines is 2. The van der Waals surface area contributed by atoms with Crippen molar-refractivity contribution in [1.82, 2.24) is 14.8 Å². The number of aromatic nitrogens is 3. The van der Waals surface area contributed by atoms with Gasteiger partial charge in [0.2, 0.25) is 5.91 Å². The number of amidine groups is 1. The van der Waals surface area contributed by atoms with Crippen LogP contribution >= 0.6 is 11.8 Å². The van der Waals surface area contributed by atoms with E-state index in [-0.39, 0.29) is 39.4 Å². The van der Waals surface area contributed by atoms with Crippen molar-refractivity contribution in [2.24, 2.45) is 4.99 Å². The zero-order valence-electron chi connectivity index (χ0n) is 24.1. The highest BCUT2D eigenvalue weighted by molar-refractivity contribution is 8.15. The van der Waals surface area contributed by atoms with Crippen LogP contribution in [-0.2, 0) is 4.79 Å². The number of amides is 3. The molecular weight excluding hydrogens is 680 g/mol. The minimum absolute atomic E-state index is 0.0242. The van der Waals surface area contributed by atoms with Gasteiger partial charge in [-0.1, -0.05) is 17.8 Å². The summed E-state index contributed by atoms with van der Waals surface area (Å²) < 4.78 is 114. The van der Waals surface area contributed by atoms with Crippen LogP contribution < -0.4 is 19.7 Å². The molecule has 0 aliphatic carbocycles. The van der Waals surface area contributed by atoms with Gasteiger partial charge in [-0.3, -0.25) is 9.69 Å². The number of aliphatic imine (C=N–C) groups is 1. The van der Waals surface area contributed by atoms with Crippen LogP contribution in [0.4, 0.5) is 51.3 Å². The standard InChI is InChI=1S/C29H20F8N6O4S/c1-15-2-9-22(46-13-28(32,33)34)21(10-15)43-23(44)12-48-27(43)40-26(45)39-20-8-3-16(11-19(20)24(30)31)25-38-14-42(41-25)17-4-6-18(7-5-17)47-29(35,36)37/h2-11,14,24H,12-13H2,1H3,(H,39,45)/b40-27-. The summed E-state index contributed by atoms with van der Waals surface area (Å²) in [5.41, 5.74) is -0.0991. The lowest BCUT2D eigenvalue weighted by Crippen LogP contribution is -2.31. The van der Waals surface area contributed by atoms with E-state index < -0.39 is 48.8 Å². The summed E-state index contributed by atoms with van der Waals surface area (Å²) in [5, 5.41) is 6.19. The van der Waals surface area contributed by atoms with E-state index >= 15 is 0 Å². The third-order valence-electron chi connectivity index (χ3n) is 6.32. The Bertz CT molecular complexity index is 1860. The number of carbonyl (C=O) groups is 2. The normalized spacial score (nSPS) is 14.6. The van der Waals surface area contributed by atoms with Crippen LogP contribution in [0.15, 0.2) is 72.0 Å². The number of thioether (sulfide) groups is 1. The van der Waals surface area contributed by atoms with Crippen molar-refractivity contribution in [1.29, 1.82) is 0 Å². The van der Waals surface area contributed by atoms with Crippen molar-refractivity contribution in [2.75, 3.05) is 22.6 Å². The molecule has 1 N–H and O–H groups in total. The Labute approximate surface area is 269 Å². The minimum atomic E-state index is -4.87. The molecule has 252 valence electrons. The molecule has 1 aliphatic rings. The second-order valence-corrected chi connectivity index (χ2v) is 10.8. The molecule has 10 nitrogen and oxygen atoms in total. The van der Waals surface area contributed by atoms with Gasteiger partial charge in [-0.05, 0) is 67.1 Å². The fraction of sp³-hybridized carbons (Fsp3) is 0.207. The SMILES string of the molecule is Cc1ccc(OCC(F)(F)F)c(N2C(=O)CS/C2=N\C(=O)Nc2ccc(-c3ncn(-c4ccc(OC(F)(F)F)cc4)n3)cc2C(F)F)c1. The van der Waals surface area contributed by atoms with Gasteiger partial charge in [0.15, 0.2) is 17.6 Å². The second-order valence-electron chi connectivity index (χ2n) is 9.87. The number of benzene rings is 3. The zero-order valence-corrected chi connectivity index (χ0v) is 25.0. The summed E-state index contributed by atoms with van der Waals surface area (Å²) in [6.45, 7) is -0.0145. The van der Waals surface area contributed by atoms with Crippen molar-refractivity contribution in [2.45, 2.75) is 25.9 Å². The number of ether oxygens (including phenoxy) is 2. The lowest BCUT2D eigenvalue weighted by atomic mass is 10.1. The average Bonchev–Trinajstić information content (AvgIpc) is 3.63. The summed E-state index contributed by atoms with van der Waals surface area (Å²) in [6, 6.07) is 11.1. The molecule has 1 saturated heterocycles. The van der Waals surface area contributed by atoms with Gasteiger partial charge in [-0.2, -0.15) is 18.2 Å². The number of nitrogens with one attached hydrogen (secondary N) is 1. The Balaban J connectivity index is 1.35. The van der Waals surface area contributed by atoms with Gasteiger partial charge >= 0.3 is 18.6 Å². The first-order valence-electron chi connectivity index (χ1n) is 13.4. The molecule has 0 radical (unpaired) electrons. The predicted octanol–water partition coefficient (Wildman–Crippen LogP) is 7.69. The van der Waals surface area contributed by atoms with E-state index in [4.69, 9.17) is 4.74 Å². The lowest BCUT2D eigenvalue weighted by Gasteiger charge is -2.21. The monoisotopic (exact) mass is 700 g/mol. The fourth-order valence-corrected chi connectivity index (χ4v) is 5.17. The molecule has 0 atom stereocenters. The number of urea groups is 1. The average molecular weight is 701 g/mol. The molecule has 0 unspecified atom stereocenters. The van der Waals surface area contributed by atoms with E-state index in [9.17, 15) is 44.7 Å². The first-order valence-corrected chi connectivity index (χ1v) is 14.4. The molecule has 5 rings (SSSR count). The number of hydrogen-bond donors (Lipinski definition) is 1. The molecule has 0 bridgehead atoms. The molecule has 1 aromatic heterocycles. The largest absolute Gasteiger partial charge is 0.573 e. The van der Waals surface area contributed by atoms with Crippen LogP contribution in [0.25, 0.3) is 17.1 Å². The van der Waals surface area contributed by atoms with Gasteiger partial charge in [0, 0.05) is 11.1 Å². The number of alkyl halides is 8. The van der Waals surface area contributed by atoms with Crippen LogP contribution in [0, 0.1) is 6.92 Å². The van der Waals surface area contributed by atoms with Crippen LogP contribution in [0.2, 0.25) is 0 Å². The third-order valence-corrected chi connectivity index (χ3v) is 7.25. The maximum absolute atomic E-state index is 14.1. The summed E-state index contributed by atoms with van der Waals surface area (Å²) in [7, 11) is 0. The van der Waals surface area contributed by atoms with E-state index in [0.29, 0.717) is 11.3 Å². The number of aryl methyl sites for hydroxylation is 1.